The van der Waals surface area contributed by atoms with Crippen molar-refractivity contribution in [2.24, 2.45) is 5.41 Å². The fourth-order valence-corrected chi connectivity index (χ4v) is 3.60. The topological polar surface area (TPSA) is 79.5 Å². The molecule has 1 aliphatic heterocycles. The number of carbonyl (C=O) groups excluding carboxylic acids is 2. The molecule has 7 nitrogen and oxygen atoms in total. The SMILES string of the molecule is Cc1ccccc1-c1nc(CC(=O)N2CCN(C(=O)CC(C)(C)C)[C@@H](C)C2)no1. The minimum Gasteiger partial charge on any atom is -0.338 e. The summed E-state index contributed by atoms with van der Waals surface area (Å²) in [6, 6.07) is 7.76. The highest BCUT2D eigenvalue weighted by atomic mass is 16.5. The standard InChI is InChI=1S/C22H30N4O3/c1-15-8-6-7-9-17(15)21-23-18(24-29-21)12-19(27)25-10-11-26(16(2)14-25)20(28)13-22(3,4)5/h6-9,16H,10-14H2,1-5H3/t16-/m0/s1. The Labute approximate surface area is 172 Å². The van der Waals surface area contributed by atoms with Crippen molar-refractivity contribution in [1.29, 1.82) is 0 Å². The monoisotopic (exact) mass is 398 g/mol. The zero-order chi connectivity index (χ0) is 21.2. The van der Waals surface area contributed by atoms with Gasteiger partial charge in [-0.25, -0.2) is 0 Å². The summed E-state index contributed by atoms with van der Waals surface area (Å²) in [6.07, 6.45) is 0.605. The first-order valence-corrected chi connectivity index (χ1v) is 10.1. The van der Waals surface area contributed by atoms with Gasteiger partial charge < -0.3 is 14.3 Å². The van der Waals surface area contributed by atoms with Crippen LogP contribution in [0.1, 0.15) is 45.5 Å². The van der Waals surface area contributed by atoms with Gasteiger partial charge in [-0.15, -0.1) is 0 Å². The minimum absolute atomic E-state index is 0.00431. The van der Waals surface area contributed by atoms with E-state index >= 15 is 0 Å². The summed E-state index contributed by atoms with van der Waals surface area (Å²) in [5, 5.41) is 3.97. The highest BCUT2D eigenvalue weighted by molar-refractivity contribution is 5.80. The Morgan fingerprint density at radius 1 is 1.17 bits per heavy atom. The molecule has 0 bridgehead atoms. The van der Waals surface area contributed by atoms with Gasteiger partial charge in [0.15, 0.2) is 5.82 Å². The molecule has 1 fully saturated rings. The Hall–Kier alpha value is -2.70. The van der Waals surface area contributed by atoms with E-state index in [9.17, 15) is 9.59 Å². The second-order valence-electron chi connectivity index (χ2n) is 9.02. The van der Waals surface area contributed by atoms with Gasteiger partial charge in [-0.2, -0.15) is 4.98 Å². The lowest BCUT2D eigenvalue weighted by Crippen LogP contribution is -2.56. The third-order valence-electron chi connectivity index (χ3n) is 5.14. The van der Waals surface area contributed by atoms with Crippen LogP contribution in [0.5, 0.6) is 0 Å². The van der Waals surface area contributed by atoms with E-state index in [0.29, 0.717) is 37.8 Å². The van der Waals surface area contributed by atoms with Crippen molar-refractivity contribution in [2.45, 2.75) is 53.5 Å². The van der Waals surface area contributed by atoms with Crippen molar-refractivity contribution >= 4 is 11.8 Å². The van der Waals surface area contributed by atoms with E-state index in [1.807, 2.05) is 43.0 Å². The van der Waals surface area contributed by atoms with Gasteiger partial charge in [0.05, 0.1) is 6.42 Å². The molecule has 2 aromatic rings. The van der Waals surface area contributed by atoms with Gasteiger partial charge in [0.25, 0.3) is 5.89 Å². The number of benzene rings is 1. The van der Waals surface area contributed by atoms with Gasteiger partial charge in [0.1, 0.15) is 0 Å². The maximum atomic E-state index is 12.7. The van der Waals surface area contributed by atoms with Crippen LogP contribution in [0.15, 0.2) is 28.8 Å². The van der Waals surface area contributed by atoms with Gasteiger partial charge in [-0.1, -0.05) is 44.1 Å². The maximum absolute atomic E-state index is 12.7. The van der Waals surface area contributed by atoms with Crippen LogP contribution in [0.2, 0.25) is 0 Å². The Morgan fingerprint density at radius 3 is 2.55 bits per heavy atom. The molecule has 2 heterocycles. The number of carbonyl (C=O) groups is 2. The summed E-state index contributed by atoms with van der Waals surface area (Å²) >= 11 is 0. The van der Waals surface area contributed by atoms with E-state index in [-0.39, 0.29) is 29.7 Å². The van der Waals surface area contributed by atoms with Crippen LogP contribution in [0.3, 0.4) is 0 Å². The van der Waals surface area contributed by atoms with E-state index in [1.165, 1.54) is 0 Å². The summed E-state index contributed by atoms with van der Waals surface area (Å²) in [5.74, 6) is 0.916. The van der Waals surface area contributed by atoms with Gasteiger partial charge in [0, 0.05) is 37.7 Å². The first-order valence-electron chi connectivity index (χ1n) is 10.1. The molecule has 29 heavy (non-hydrogen) atoms. The van der Waals surface area contributed by atoms with Gasteiger partial charge in [-0.05, 0) is 30.9 Å². The van der Waals surface area contributed by atoms with Crippen LogP contribution in [-0.4, -0.2) is 57.4 Å². The number of hydrogen-bond acceptors (Lipinski definition) is 5. The van der Waals surface area contributed by atoms with Crippen LogP contribution in [-0.2, 0) is 16.0 Å². The summed E-state index contributed by atoms with van der Waals surface area (Å²) in [7, 11) is 0. The zero-order valence-corrected chi connectivity index (χ0v) is 17.9. The van der Waals surface area contributed by atoms with Crippen LogP contribution in [0, 0.1) is 12.3 Å². The van der Waals surface area contributed by atoms with Crippen molar-refractivity contribution in [3.8, 4) is 11.5 Å². The predicted molar refractivity (Wildman–Crippen MR) is 110 cm³/mol. The summed E-state index contributed by atoms with van der Waals surface area (Å²) < 4.78 is 5.35. The molecule has 0 aliphatic carbocycles. The molecule has 0 spiro atoms. The first kappa shape index (κ1) is 21.0. The van der Waals surface area contributed by atoms with Gasteiger partial charge in [-0.3, -0.25) is 9.59 Å². The van der Waals surface area contributed by atoms with E-state index in [2.05, 4.69) is 30.9 Å². The van der Waals surface area contributed by atoms with E-state index in [4.69, 9.17) is 4.52 Å². The normalized spacial score (nSPS) is 17.5. The van der Waals surface area contributed by atoms with Crippen LogP contribution < -0.4 is 0 Å². The van der Waals surface area contributed by atoms with E-state index in [0.717, 1.165) is 11.1 Å². The van der Waals surface area contributed by atoms with Crippen LogP contribution in [0.4, 0.5) is 0 Å². The van der Waals surface area contributed by atoms with E-state index in [1.54, 1.807) is 4.90 Å². The van der Waals surface area contributed by atoms with Crippen LogP contribution in [0.25, 0.3) is 11.5 Å². The number of hydrogen-bond donors (Lipinski definition) is 0. The molecule has 0 N–H and O–H groups in total. The highest BCUT2D eigenvalue weighted by Gasteiger charge is 2.31. The third-order valence-corrected chi connectivity index (χ3v) is 5.14. The van der Waals surface area contributed by atoms with Crippen molar-refractivity contribution in [3.05, 3.63) is 35.7 Å². The molecular formula is C22H30N4O3. The average Bonchev–Trinajstić information content (AvgIpc) is 3.08. The average molecular weight is 399 g/mol. The lowest BCUT2D eigenvalue weighted by atomic mass is 9.91. The number of nitrogens with zero attached hydrogens (tertiary/aromatic N) is 4. The van der Waals surface area contributed by atoms with Gasteiger partial charge >= 0.3 is 0 Å². The molecule has 1 aromatic heterocycles. The highest BCUT2D eigenvalue weighted by Crippen LogP contribution is 2.23. The number of piperazine rings is 1. The lowest BCUT2D eigenvalue weighted by molar-refractivity contribution is -0.143. The molecule has 7 heteroatoms. The summed E-state index contributed by atoms with van der Waals surface area (Å²) in [4.78, 5) is 33.3. The Balaban J connectivity index is 1.59. The Morgan fingerprint density at radius 2 is 1.90 bits per heavy atom. The molecule has 1 aromatic carbocycles. The Bertz CT molecular complexity index is 884. The molecule has 1 aliphatic rings. The second-order valence-corrected chi connectivity index (χ2v) is 9.02. The van der Waals surface area contributed by atoms with Gasteiger partial charge in [0.2, 0.25) is 11.8 Å². The summed E-state index contributed by atoms with van der Waals surface area (Å²) in [6.45, 7) is 11.8. The fourth-order valence-electron chi connectivity index (χ4n) is 3.60. The number of amides is 2. The Kier molecular flexibility index (Phi) is 6.05. The largest absolute Gasteiger partial charge is 0.338 e. The molecule has 3 rings (SSSR count). The van der Waals surface area contributed by atoms with Crippen molar-refractivity contribution in [3.63, 3.8) is 0 Å². The molecule has 1 saturated heterocycles. The van der Waals surface area contributed by atoms with Crippen molar-refractivity contribution in [2.75, 3.05) is 19.6 Å². The third kappa shape index (κ3) is 5.22. The van der Waals surface area contributed by atoms with E-state index < -0.39 is 0 Å². The molecule has 1 atom stereocenters. The quantitative estimate of drug-likeness (QED) is 0.791. The predicted octanol–water partition coefficient (Wildman–Crippen LogP) is 3.08. The second kappa shape index (κ2) is 8.35. The fraction of sp³-hybridized carbons (Fsp3) is 0.545. The smallest absolute Gasteiger partial charge is 0.258 e. The molecule has 0 unspecified atom stereocenters. The number of aryl methyl sites for hydroxylation is 1. The number of rotatable bonds is 4. The molecule has 0 radical (unpaired) electrons. The lowest BCUT2D eigenvalue weighted by Gasteiger charge is -2.40. The van der Waals surface area contributed by atoms with Crippen LogP contribution >= 0.6 is 0 Å². The summed E-state index contributed by atoms with van der Waals surface area (Å²) in [5.41, 5.74) is 1.87. The molecular weight excluding hydrogens is 368 g/mol. The maximum Gasteiger partial charge on any atom is 0.258 e. The minimum atomic E-state index is -0.0445. The van der Waals surface area contributed by atoms with Crippen molar-refractivity contribution in [1.82, 2.24) is 19.9 Å². The molecule has 0 saturated carbocycles. The first-order chi connectivity index (χ1) is 13.6. The molecule has 156 valence electrons. The molecule has 2 amide bonds. The number of aromatic nitrogens is 2. The van der Waals surface area contributed by atoms with Crippen molar-refractivity contribution < 1.29 is 14.1 Å². The zero-order valence-electron chi connectivity index (χ0n) is 17.9.